The average Bonchev–Trinajstić information content (AvgIpc) is 3.22. The fraction of sp³-hybridized carbons (Fsp3) is 0.604. The third-order valence-corrected chi connectivity index (χ3v) is 9.77. The molecule has 0 aliphatic rings. The van der Waals surface area contributed by atoms with Crippen LogP contribution in [-0.4, -0.2) is 59.9 Å². The highest BCUT2D eigenvalue weighted by molar-refractivity contribution is 7.47. The van der Waals surface area contributed by atoms with Crippen LogP contribution >= 0.6 is 7.82 Å². The molecular formula is C48H78NO10P. The van der Waals surface area contributed by atoms with Crippen molar-refractivity contribution < 1.29 is 47.5 Å². The highest BCUT2D eigenvalue weighted by Gasteiger charge is 2.28. The summed E-state index contributed by atoms with van der Waals surface area (Å²) in [4.78, 5) is 46.0. The van der Waals surface area contributed by atoms with Gasteiger partial charge in [0.25, 0.3) is 0 Å². The zero-order valence-corrected chi connectivity index (χ0v) is 37.6. The Morgan fingerprint density at radius 1 is 0.533 bits per heavy atom. The molecule has 0 aliphatic heterocycles. The Balaban J connectivity index is 4.49. The van der Waals surface area contributed by atoms with E-state index in [1.54, 1.807) is 0 Å². The van der Waals surface area contributed by atoms with Crippen LogP contribution in [0.2, 0.25) is 0 Å². The smallest absolute Gasteiger partial charge is 0.472 e. The molecule has 0 aromatic carbocycles. The van der Waals surface area contributed by atoms with E-state index in [4.69, 9.17) is 24.8 Å². The molecule has 0 bridgehead atoms. The number of esters is 2. The van der Waals surface area contributed by atoms with Crippen molar-refractivity contribution in [3.05, 3.63) is 97.2 Å². The molecule has 0 radical (unpaired) electrons. The molecule has 340 valence electrons. The zero-order valence-electron chi connectivity index (χ0n) is 36.8. The summed E-state index contributed by atoms with van der Waals surface area (Å²) in [7, 11) is -4.74. The summed E-state index contributed by atoms with van der Waals surface area (Å²) in [6.07, 6.45) is 53.2. The quantitative estimate of drug-likeness (QED) is 0.0232. The van der Waals surface area contributed by atoms with Gasteiger partial charge in [-0.05, 0) is 96.3 Å². The van der Waals surface area contributed by atoms with Gasteiger partial charge in [-0.1, -0.05) is 143 Å². The Hall–Kier alpha value is -3.60. The molecule has 1 unspecified atom stereocenters. The number of carbonyl (C=O) groups excluding carboxylic acids is 2. The van der Waals surface area contributed by atoms with Gasteiger partial charge in [-0.2, -0.15) is 0 Å². The number of rotatable bonds is 40. The van der Waals surface area contributed by atoms with Gasteiger partial charge in [0.2, 0.25) is 0 Å². The highest BCUT2D eigenvalue weighted by atomic mass is 31.2. The lowest BCUT2D eigenvalue weighted by Crippen LogP contribution is -2.34. The number of carboxylic acid groups (broad SMARTS) is 1. The lowest BCUT2D eigenvalue weighted by Gasteiger charge is -2.20. The SMILES string of the molecule is CC/C=C\C/C=C\C/C=C\C/C=C\CCCCCCC(=O)OC[C@H](COP(=O)(O)OC[C@H](N)C(=O)O)OC(=O)CCCCC/C=C\C/C=C\C/C=C\C/C=C\CCCCC. The Bertz CT molecular complexity index is 1380. The minimum absolute atomic E-state index is 0.112. The Labute approximate surface area is 362 Å². The minimum Gasteiger partial charge on any atom is -0.480 e. The predicted octanol–water partition coefficient (Wildman–Crippen LogP) is 12.1. The fourth-order valence-corrected chi connectivity index (χ4v) is 6.11. The fourth-order valence-electron chi connectivity index (χ4n) is 5.33. The van der Waals surface area contributed by atoms with E-state index < -0.39 is 51.1 Å². The summed E-state index contributed by atoms with van der Waals surface area (Å²) < 4.78 is 32.7. The maximum atomic E-state index is 12.6. The van der Waals surface area contributed by atoms with Crippen LogP contribution in [0.1, 0.15) is 155 Å². The summed E-state index contributed by atoms with van der Waals surface area (Å²) in [5.74, 6) is -2.46. The van der Waals surface area contributed by atoms with E-state index >= 15 is 0 Å². The number of carboxylic acids is 1. The Morgan fingerprint density at radius 2 is 0.933 bits per heavy atom. The first-order chi connectivity index (χ1) is 29.1. The van der Waals surface area contributed by atoms with Gasteiger partial charge in [0.1, 0.15) is 12.6 Å². The van der Waals surface area contributed by atoms with Crippen molar-refractivity contribution in [3.8, 4) is 0 Å². The molecule has 0 aliphatic carbocycles. The second-order valence-electron chi connectivity index (χ2n) is 14.4. The molecule has 11 nitrogen and oxygen atoms in total. The van der Waals surface area contributed by atoms with E-state index in [-0.39, 0.29) is 19.4 Å². The first-order valence-electron chi connectivity index (χ1n) is 22.3. The lowest BCUT2D eigenvalue weighted by molar-refractivity contribution is -0.161. The second kappa shape index (κ2) is 42.1. The summed E-state index contributed by atoms with van der Waals surface area (Å²) in [6, 6.07) is -1.54. The van der Waals surface area contributed by atoms with Gasteiger partial charge < -0.3 is 25.2 Å². The molecule has 0 saturated carbocycles. The predicted molar refractivity (Wildman–Crippen MR) is 244 cm³/mol. The van der Waals surface area contributed by atoms with E-state index in [0.29, 0.717) is 12.8 Å². The summed E-state index contributed by atoms with van der Waals surface area (Å²) in [5, 5.41) is 8.90. The molecule has 12 heteroatoms. The van der Waals surface area contributed by atoms with E-state index in [2.05, 4.69) is 116 Å². The number of phosphoric ester groups is 1. The van der Waals surface area contributed by atoms with E-state index in [9.17, 15) is 23.8 Å². The van der Waals surface area contributed by atoms with Crippen molar-refractivity contribution in [2.45, 2.75) is 167 Å². The highest BCUT2D eigenvalue weighted by Crippen LogP contribution is 2.43. The summed E-state index contributed by atoms with van der Waals surface area (Å²) >= 11 is 0. The third kappa shape index (κ3) is 41.1. The van der Waals surface area contributed by atoms with Crippen LogP contribution in [0.3, 0.4) is 0 Å². The van der Waals surface area contributed by atoms with Crippen molar-refractivity contribution >= 4 is 25.7 Å². The maximum absolute atomic E-state index is 12.6. The Morgan fingerprint density at radius 3 is 1.40 bits per heavy atom. The van der Waals surface area contributed by atoms with E-state index in [0.717, 1.165) is 89.9 Å². The number of nitrogens with two attached hydrogens (primary N) is 1. The standard InChI is InChI=1S/C48H78NO10P/c1-3-5-7-9-11-13-15-17-19-21-22-24-26-28-30-32-34-36-38-40-47(51)59-44(42-57-60(54,55)58-43-45(49)48(52)53)41-56-46(50)39-37-35-33-31-29-27-25-23-20-18-16-14-12-10-8-6-4-2/h6,8,11-14,17-20,22,24-25,27-28,30,44-45H,3-5,7,9-10,15-16,21,23,26,29,31-43,49H2,1-2H3,(H,52,53)(H,54,55)/b8-6-,13-11-,14-12-,19-17-,20-18-,24-22-,27-25-,30-28-/t44-,45+/m1/s1. The summed E-state index contributed by atoms with van der Waals surface area (Å²) in [5.41, 5.74) is 5.33. The molecule has 0 aromatic rings. The number of aliphatic carboxylic acids is 1. The van der Waals surface area contributed by atoms with Crippen LogP contribution in [0.15, 0.2) is 97.2 Å². The molecular weight excluding hydrogens is 781 g/mol. The first-order valence-corrected chi connectivity index (χ1v) is 23.8. The van der Waals surface area contributed by atoms with Gasteiger partial charge in [0, 0.05) is 12.8 Å². The number of ether oxygens (including phenoxy) is 2. The minimum atomic E-state index is -4.74. The Kier molecular flexibility index (Phi) is 39.6. The number of carbonyl (C=O) groups is 3. The first kappa shape index (κ1) is 56.4. The van der Waals surface area contributed by atoms with Crippen LogP contribution in [-0.2, 0) is 37.5 Å². The molecule has 60 heavy (non-hydrogen) atoms. The van der Waals surface area contributed by atoms with Gasteiger partial charge in [0.15, 0.2) is 6.10 Å². The van der Waals surface area contributed by atoms with Crippen LogP contribution in [0.4, 0.5) is 0 Å². The molecule has 0 amide bonds. The average molecular weight is 860 g/mol. The van der Waals surface area contributed by atoms with Gasteiger partial charge >= 0.3 is 25.7 Å². The van der Waals surface area contributed by atoms with Crippen LogP contribution in [0.25, 0.3) is 0 Å². The van der Waals surface area contributed by atoms with Crippen molar-refractivity contribution in [3.63, 3.8) is 0 Å². The van der Waals surface area contributed by atoms with Gasteiger partial charge in [-0.25, -0.2) is 4.57 Å². The van der Waals surface area contributed by atoms with Crippen molar-refractivity contribution in [2.75, 3.05) is 19.8 Å². The molecule has 0 fully saturated rings. The molecule has 3 atom stereocenters. The molecule has 0 aromatic heterocycles. The van der Waals surface area contributed by atoms with E-state index in [1.165, 1.54) is 25.7 Å². The van der Waals surface area contributed by atoms with E-state index in [1.807, 2.05) is 0 Å². The topological polar surface area (TPSA) is 172 Å². The van der Waals surface area contributed by atoms with Gasteiger partial charge in [0.05, 0.1) is 13.2 Å². The van der Waals surface area contributed by atoms with Crippen LogP contribution in [0.5, 0.6) is 0 Å². The van der Waals surface area contributed by atoms with Crippen LogP contribution < -0.4 is 5.73 Å². The maximum Gasteiger partial charge on any atom is 0.472 e. The van der Waals surface area contributed by atoms with Gasteiger partial charge in [-0.3, -0.25) is 23.4 Å². The molecule has 0 spiro atoms. The molecule has 0 saturated heterocycles. The van der Waals surface area contributed by atoms with Crippen molar-refractivity contribution in [1.82, 2.24) is 0 Å². The number of unbranched alkanes of at least 4 members (excludes halogenated alkanes) is 10. The number of allylic oxidation sites excluding steroid dienone is 16. The molecule has 0 rings (SSSR count). The third-order valence-electron chi connectivity index (χ3n) is 8.82. The zero-order chi connectivity index (χ0) is 44.2. The van der Waals surface area contributed by atoms with Crippen molar-refractivity contribution in [2.24, 2.45) is 5.73 Å². The largest absolute Gasteiger partial charge is 0.480 e. The monoisotopic (exact) mass is 860 g/mol. The normalized spacial score (nSPS) is 14.6. The second-order valence-corrected chi connectivity index (χ2v) is 15.9. The molecule has 0 heterocycles. The number of hydrogen-bond acceptors (Lipinski definition) is 9. The van der Waals surface area contributed by atoms with Crippen molar-refractivity contribution in [1.29, 1.82) is 0 Å². The lowest BCUT2D eigenvalue weighted by atomic mass is 10.1. The molecule has 4 N–H and O–H groups in total. The van der Waals surface area contributed by atoms with Crippen LogP contribution in [0, 0.1) is 0 Å². The number of hydrogen-bond donors (Lipinski definition) is 3. The van der Waals surface area contributed by atoms with Gasteiger partial charge in [-0.15, -0.1) is 0 Å². The number of phosphoric acid groups is 1. The summed E-state index contributed by atoms with van der Waals surface area (Å²) in [6.45, 7) is 2.59.